The molecule has 32 heavy (non-hydrogen) atoms. The van der Waals surface area contributed by atoms with Gasteiger partial charge in [0.2, 0.25) is 5.91 Å². The van der Waals surface area contributed by atoms with Crippen LogP contribution in [0.5, 0.6) is 5.75 Å². The summed E-state index contributed by atoms with van der Waals surface area (Å²) in [6.07, 6.45) is 2.50. The lowest BCUT2D eigenvalue weighted by molar-refractivity contribution is -0.113. The summed E-state index contributed by atoms with van der Waals surface area (Å²) in [5.41, 5.74) is 0.364. The van der Waals surface area contributed by atoms with Gasteiger partial charge in [0, 0.05) is 11.4 Å². The minimum atomic E-state index is -0.474. The van der Waals surface area contributed by atoms with Crippen molar-refractivity contribution in [2.75, 3.05) is 18.2 Å². The molecule has 0 aliphatic carbocycles. The van der Waals surface area contributed by atoms with Crippen LogP contribution in [0.3, 0.4) is 0 Å². The molecule has 10 heteroatoms. The molecule has 2 aromatic heterocycles. The van der Waals surface area contributed by atoms with E-state index in [1.54, 1.807) is 12.1 Å². The van der Waals surface area contributed by atoms with Gasteiger partial charge >= 0.3 is 5.97 Å². The number of aromatic nitrogens is 3. The number of aryl methyl sites for hydroxylation is 1. The summed E-state index contributed by atoms with van der Waals surface area (Å²) < 4.78 is 12.4. The molecule has 0 atom stereocenters. The summed E-state index contributed by atoms with van der Waals surface area (Å²) in [4.78, 5) is 25.5. The number of amides is 1. The van der Waals surface area contributed by atoms with E-state index < -0.39 is 5.97 Å². The smallest absolute Gasteiger partial charge is 0.340 e. The third-order valence-corrected chi connectivity index (χ3v) is 6.50. The lowest BCUT2D eigenvalue weighted by Gasteiger charge is -2.09. The first-order valence-electron chi connectivity index (χ1n) is 9.90. The zero-order valence-corrected chi connectivity index (χ0v) is 19.5. The van der Waals surface area contributed by atoms with Gasteiger partial charge in [-0.1, -0.05) is 43.0 Å². The zero-order valence-electron chi connectivity index (χ0n) is 17.9. The minimum absolute atomic E-state index is 0.106. The highest BCUT2D eigenvalue weighted by atomic mass is 32.2. The molecule has 0 saturated heterocycles. The van der Waals surface area contributed by atoms with Crippen molar-refractivity contribution in [2.24, 2.45) is 0 Å². The summed E-state index contributed by atoms with van der Waals surface area (Å²) in [6.45, 7) is 6.50. The van der Waals surface area contributed by atoms with Gasteiger partial charge in [0.25, 0.3) is 0 Å². The Labute approximate surface area is 194 Å². The van der Waals surface area contributed by atoms with E-state index in [1.165, 1.54) is 30.2 Å². The van der Waals surface area contributed by atoms with Crippen molar-refractivity contribution in [1.82, 2.24) is 14.8 Å². The number of hydrogen-bond acceptors (Lipinski definition) is 8. The molecule has 0 unspecified atom stereocenters. The lowest BCUT2D eigenvalue weighted by atomic mass is 10.2. The van der Waals surface area contributed by atoms with Crippen molar-refractivity contribution in [3.8, 4) is 5.75 Å². The summed E-state index contributed by atoms with van der Waals surface area (Å²) in [5, 5.41) is 12.3. The largest absolute Gasteiger partial charge is 0.486 e. The molecule has 2 heterocycles. The number of rotatable bonds is 11. The quantitative estimate of drug-likeness (QED) is 0.254. The number of methoxy groups -OCH3 is 1. The van der Waals surface area contributed by atoms with Crippen LogP contribution >= 0.6 is 23.1 Å². The summed E-state index contributed by atoms with van der Waals surface area (Å²) >= 11 is 2.62. The predicted molar refractivity (Wildman–Crippen MR) is 125 cm³/mol. The Bertz CT molecular complexity index is 1080. The van der Waals surface area contributed by atoms with Gasteiger partial charge in [-0.15, -0.1) is 28.1 Å². The van der Waals surface area contributed by atoms with Gasteiger partial charge in [-0.2, -0.15) is 0 Å². The molecule has 0 saturated carbocycles. The minimum Gasteiger partial charge on any atom is -0.486 e. The standard InChI is InChI=1S/C22H24N4O4S2/c1-4-11-26-18(13-30-15-9-7-6-8-10-15)24-25-22(26)31-14-19(27)23-20-17(21(28)29-3)12-16(5-2)32-20/h4,6-10,12H,1,5,11,13-14H2,2-3H3,(H,23,27). The average molecular weight is 473 g/mol. The molecule has 1 amide bonds. The van der Waals surface area contributed by atoms with Crippen LogP contribution in [0.25, 0.3) is 0 Å². The Kier molecular flexibility index (Phi) is 8.46. The number of carbonyl (C=O) groups is 2. The van der Waals surface area contributed by atoms with Gasteiger partial charge in [-0.05, 0) is 24.6 Å². The number of nitrogens with one attached hydrogen (secondary N) is 1. The molecular weight excluding hydrogens is 448 g/mol. The lowest BCUT2D eigenvalue weighted by Crippen LogP contribution is -2.16. The monoisotopic (exact) mass is 472 g/mol. The van der Waals surface area contributed by atoms with Crippen LogP contribution in [-0.4, -0.2) is 39.5 Å². The molecule has 1 N–H and O–H groups in total. The van der Waals surface area contributed by atoms with Crippen molar-refractivity contribution in [3.05, 3.63) is 65.3 Å². The SMILES string of the molecule is C=CCn1c(COc2ccccc2)nnc1SCC(=O)Nc1sc(CC)cc1C(=O)OC. The summed E-state index contributed by atoms with van der Waals surface area (Å²) in [5.74, 6) is 0.750. The Hall–Kier alpha value is -3.11. The van der Waals surface area contributed by atoms with E-state index in [9.17, 15) is 9.59 Å². The van der Waals surface area contributed by atoms with Gasteiger partial charge in [0.15, 0.2) is 11.0 Å². The molecule has 0 aliphatic rings. The van der Waals surface area contributed by atoms with E-state index >= 15 is 0 Å². The third-order valence-electron chi connectivity index (χ3n) is 4.34. The second-order valence-electron chi connectivity index (χ2n) is 6.54. The average Bonchev–Trinajstić information content (AvgIpc) is 3.40. The number of ether oxygens (including phenoxy) is 2. The fourth-order valence-corrected chi connectivity index (χ4v) is 4.54. The second-order valence-corrected chi connectivity index (χ2v) is 8.62. The predicted octanol–water partition coefficient (Wildman–Crippen LogP) is 4.18. The summed E-state index contributed by atoms with van der Waals surface area (Å²) in [6, 6.07) is 11.2. The van der Waals surface area contributed by atoms with Crippen molar-refractivity contribution in [1.29, 1.82) is 0 Å². The molecule has 1 aromatic carbocycles. The first kappa shape index (κ1) is 23.6. The number of esters is 1. The molecule has 3 rings (SSSR count). The van der Waals surface area contributed by atoms with Crippen molar-refractivity contribution < 1.29 is 19.1 Å². The van der Waals surface area contributed by atoms with Crippen molar-refractivity contribution >= 4 is 40.0 Å². The van der Waals surface area contributed by atoms with Crippen LogP contribution in [0.15, 0.2) is 54.2 Å². The Morgan fingerprint density at radius 2 is 2.06 bits per heavy atom. The topological polar surface area (TPSA) is 95.3 Å². The molecule has 0 aliphatic heterocycles. The van der Waals surface area contributed by atoms with E-state index in [0.717, 1.165) is 17.0 Å². The van der Waals surface area contributed by atoms with Crippen LogP contribution in [0.1, 0.15) is 28.0 Å². The number of para-hydroxylation sites is 1. The fraction of sp³-hybridized carbons (Fsp3) is 0.273. The highest BCUT2D eigenvalue weighted by Crippen LogP contribution is 2.29. The second kappa shape index (κ2) is 11.5. The molecule has 168 valence electrons. The van der Waals surface area contributed by atoms with E-state index in [1.807, 2.05) is 41.8 Å². The third kappa shape index (κ3) is 5.98. The van der Waals surface area contributed by atoms with Gasteiger partial charge < -0.3 is 14.8 Å². The molecule has 0 spiro atoms. The maximum Gasteiger partial charge on any atom is 0.340 e. The molecule has 3 aromatic rings. The summed E-state index contributed by atoms with van der Waals surface area (Å²) in [7, 11) is 1.32. The van der Waals surface area contributed by atoms with Crippen LogP contribution in [-0.2, 0) is 29.1 Å². The number of allylic oxidation sites excluding steroid dienone is 1. The molecule has 0 fully saturated rings. The number of carbonyl (C=O) groups excluding carboxylic acids is 2. The molecule has 0 bridgehead atoms. The maximum absolute atomic E-state index is 12.6. The molecular formula is C22H24N4O4S2. The van der Waals surface area contributed by atoms with E-state index in [-0.39, 0.29) is 18.3 Å². The number of thiophene rings is 1. The van der Waals surface area contributed by atoms with Crippen molar-refractivity contribution in [2.45, 2.75) is 31.7 Å². The van der Waals surface area contributed by atoms with Crippen LogP contribution in [0.2, 0.25) is 0 Å². The first-order chi connectivity index (χ1) is 15.5. The number of benzene rings is 1. The van der Waals surface area contributed by atoms with E-state index in [4.69, 9.17) is 9.47 Å². The number of thioether (sulfide) groups is 1. The van der Waals surface area contributed by atoms with Crippen LogP contribution in [0, 0.1) is 0 Å². The van der Waals surface area contributed by atoms with Crippen molar-refractivity contribution in [3.63, 3.8) is 0 Å². The number of anilines is 1. The van der Waals surface area contributed by atoms with Gasteiger partial charge in [0.1, 0.15) is 17.4 Å². The Balaban J connectivity index is 1.64. The fourth-order valence-electron chi connectivity index (χ4n) is 2.77. The molecule has 0 radical (unpaired) electrons. The normalized spacial score (nSPS) is 10.6. The Morgan fingerprint density at radius 1 is 1.28 bits per heavy atom. The number of nitrogens with zero attached hydrogens (tertiary/aromatic N) is 3. The van der Waals surface area contributed by atoms with Gasteiger partial charge in [-0.3, -0.25) is 9.36 Å². The van der Waals surface area contributed by atoms with Gasteiger partial charge in [0.05, 0.1) is 18.4 Å². The highest BCUT2D eigenvalue weighted by molar-refractivity contribution is 7.99. The number of hydrogen-bond donors (Lipinski definition) is 1. The van der Waals surface area contributed by atoms with Crippen LogP contribution < -0.4 is 10.1 Å². The Morgan fingerprint density at radius 3 is 2.75 bits per heavy atom. The maximum atomic E-state index is 12.6. The van der Waals surface area contributed by atoms with Crippen LogP contribution in [0.4, 0.5) is 5.00 Å². The van der Waals surface area contributed by atoms with Gasteiger partial charge in [-0.25, -0.2) is 4.79 Å². The zero-order chi connectivity index (χ0) is 22.9. The van der Waals surface area contributed by atoms with E-state index in [0.29, 0.717) is 28.1 Å². The first-order valence-corrected chi connectivity index (χ1v) is 11.7. The van der Waals surface area contributed by atoms with E-state index in [2.05, 4.69) is 22.1 Å². The molecule has 8 nitrogen and oxygen atoms in total. The highest BCUT2D eigenvalue weighted by Gasteiger charge is 2.19.